The van der Waals surface area contributed by atoms with E-state index in [1.54, 1.807) is 36.4 Å². The van der Waals surface area contributed by atoms with E-state index in [0.717, 1.165) is 119 Å². The summed E-state index contributed by atoms with van der Waals surface area (Å²) in [6.45, 7) is 40.3. The fourth-order valence-electron chi connectivity index (χ4n) is 12.3. The first-order valence-corrected chi connectivity index (χ1v) is 37.4. The van der Waals surface area contributed by atoms with E-state index in [1.807, 2.05) is 113 Å². The maximum atomic E-state index is 12.3. The standard InChI is InChI=1S/2C18H26O2.C16H20O2.C14H22O2.C12H16O2.C10H14O/c2*1-4-14(3)15-8-10-16(11-9-15)17(19)20-18(5-2)12-6-7-13-18;1-3-13-7-9-14(10-8-13)15(17)18-16(4-2)11-5-6-12-16;1-5-11(3)13-7-9-14(10-8-13)16-12(4)15-6-2;1-4-11-6-8-12(9-7-11)14-10(3)13-5-2;1-3-8(2)9-4-6-10(11)7-5-9/h2*8-11,14H,4-7,12-13H2,1-3H3;3,7-10H,1,4-6,11-12H2,2H3;7-12H,5-6H2,1-4H3;4,6-10H,1,5H2,2-3H3;4-8,11H,3H2,1-2H3. The molecule has 542 valence electrons. The van der Waals surface area contributed by atoms with Crippen molar-refractivity contribution < 1.29 is 52.6 Å². The zero-order valence-corrected chi connectivity index (χ0v) is 63.3. The van der Waals surface area contributed by atoms with Crippen molar-refractivity contribution in [1.29, 1.82) is 0 Å². The summed E-state index contributed by atoms with van der Waals surface area (Å²) in [7, 11) is 0. The summed E-state index contributed by atoms with van der Waals surface area (Å²) in [5.41, 5.74) is 8.69. The number of hydrogen-bond acceptors (Lipinski definition) is 11. The number of carbonyl (C=O) groups is 3. The molecular weight excluding hydrogens is 1230 g/mol. The number of aromatic hydroxyl groups is 1. The summed E-state index contributed by atoms with van der Waals surface area (Å²) in [6, 6.07) is 46.7. The first kappa shape index (κ1) is 83.9. The van der Waals surface area contributed by atoms with Crippen LogP contribution in [0, 0.1) is 0 Å². The molecule has 1 N–H and O–H groups in total. The number of carbonyl (C=O) groups excluding carboxylic acids is 3. The second kappa shape index (κ2) is 44.6. The highest BCUT2D eigenvalue weighted by molar-refractivity contribution is 5.91. The minimum atomic E-state index is -0.214. The molecule has 0 radical (unpaired) electrons. The third kappa shape index (κ3) is 28.6. The Hall–Kier alpha value is -7.47. The van der Waals surface area contributed by atoms with Crippen molar-refractivity contribution in [3.8, 4) is 17.2 Å². The number of rotatable bonds is 27. The molecule has 3 fully saturated rings. The van der Waals surface area contributed by atoms with Crippen molar-refractivity contribution in [3.63, 3.8) is 0 Å². The van der Waals surface area contributed by atoms with Crippen LogP contribution in [0.5, 0.6) is 17.2 Å². The first-order chi connectivity index (χ1) is 47.5. The molecule has 3 saturated carbocycles. The van der Waals surface area contributed by atoms with Gasteiger partial charge in [-0.15, -0.1) is 0 Å². The zero-order valence-electron chi connectivity index (χ0n) is 63.3. The van der Waals surface area contributed by atoms with E-state index in [1.165, 1.54) is 47.9 Å². The van der Waals surface area contributed by atoms with Gasteiger partial charge in [0.05, 0.1) is 16.7 Å². The molecule has 3 aliphatic rings. The van der Waals surface area contributed by atoms with E-state index in [4.69, 9.17) is 38.3 Å². The minimum absolute atomic E-state index is 0.163. The van der Waals surface area contributed by atoms with Gasteiger partial charge in [0.2, 0.25) is 0 Å². The predicted molar refractivity (Wildman–Crippen MR) is 409 cm³/mol. The second-order valence-electron chi connectivity index (χ2n) is 26.9. The van der Waals surface area contributed by atoms with Crippen LogP contribution in [0.3, 0.4) is 0 Å². The molecule has 99 heavy (non-hydrogen) atoms. The third-order valence-corrected chi connectivity index (χ3v) is 20.1. The van der Waals surface area contributed by atoms with Crippen molar-refractivity contribution in [2.45, 2.75) is 279 Å². The van der Waals surface area contributed by atoms with Crippen LogP contribution in [0.25, 0.3) is 12.2 Å². The number of ether oxygens (including phenoxy) is 7. The number of esters is 3. The van der Waals surface area contributed by atoms with Gasteiger partial charge in [0.25, 0.3) is 0 Å². The van der Waals surface area contributed by atoms with Crippen LogP contribution in [0.15, 0.2) is 159 Å². The van der Waals surface area contributed by atoms with Crippen LogP contribution in [0.2, 0.25) is 0 Å². The van der Waals surface area contributed by atoms with Crippen molar-refractivity contribution in [2.24, 2.45) is 0 Å². The highest BCUT2D eigenvalue weighted by Gasteiger charge is 2.38. The van der Waals surface area contributed by atoms with E-state index in [9.17, 15) is 14.4 Å². The molecule has 0 amide bonds. The van der Waals surface area contributed by atoms with E-state index in [-0.39, 0.29) is 47.3 Å². The van der Waals surface area contributed by atoms with Gasteiger partial charge in [-0.3, -0.25) is 0 Å². The molecule has 6 aromatic rings. The molecule has 6 unspecified atom stereocenters. The molecule has 0 saturated heterocycles. The fourth-order valence-corrected chi connectivity index (χ4v) is 12.3. The van der Waals surface area contributed by atoms with Crippen molar-refractivity contribution >= 4 is 30.1 Å². The molecule has 6 aromatic carbocycles. The normalized spacial score (nSPS) is 16.2. The van der Waals surface area contributed by atoms with Gasteiger partial charge in [-0.1, -0.05) is 174 Å². The number of hydrogen-bond donors (Lipinski definition) is 1. The Morgan fingerprint density at radius 2 is 0.606 bits per heavy atom. The summed E-state index contributed by atoms with van der Waals surface area (Å²) in [4.78, 5) is 36.7. The van der Waals surface area contributed by atoms with Crippen LogP contribution >= 0.6 is 0 Å². The molecule has 6 atom stereocenters. The molecule has 11 heteroatoms. The summed E-state index contributed by atoms with van der Waals surface area (Å²) >= 11 is 0. The lowest BCUT2D eigenvalue weighted by Gasteiger charge is -2.27. The Bertz CT molecular complexity index is 3120. The Morgan fingerprint density at radius 3 is 0.848 bits per heavy atom. The summed E-state index contributed by atoms with van der Waals surface area (Å²) in [6.07, 6.45) is 23.5. The van der Waals surface area contributed by atoms with Crippen LogP contribution in [-0.4, -0.2) is 65.6 Å². The van der Waals surface area contributed by atoms with Gasteiger partial charge in [0, 0.05) is 13.2 Å². The van der Waals surface area contributed by atoms with Gasteiger partial charge < -0.3 is 38.3 Å². The highest BCUT2D eigenvalue weighted by Crippen LogP contribution is 2.39. The Labute approximate surface area is 597 Å². The number of phenols is 1. The lowest BCUT2D eigenvalue weighted by atomic mass is 9.97. The van der Waals surface area contributed by atoms with Crippen molar-refractivity contribution in [2.75, 3.05) is 13.2 Å². The van der Waals surface area contributed by atoms with Crippen molar-refractivity contribution in [3.05, 3.63) is 209 Å². The predicted octanol–water partition coefficient (Wildman–Crippen LogP) is 24.3. The molecular formula is C88H124O11. The van der Waals surface area contributed by atoms with Gasteiger partial charge >= 0.3 is 17.9 Å². The van der Waals surface area contributed by atoms with E-state index in [0.29, 0.717) is 59.3 Å². The summed E-state index contributed by atoms with van der Waals surface area (Å²) in [5.74, 6) is 3.78. The van der Waals surface area contributed by atoms with Gasteiger partial charge in [-0.25, -0.2) is 14.4 Å². The van der Waals surface area contributed by atoms with Crippen LogP contribution in [-0.2, 0) is 23.7 Å². The molecule has 3 aliphatic carbocycles. The molecule has 0 spiro atoms. The Morgan fingerprint density at radius 1 is 0.374 bits per heavy atom. The maximum absolute atomic E-state index is 12.3. The maximum Gasteiger partial charge on any atom is 0.338 e. The molecule has 0 aromatic heterocycles. The SMILES string of the molecule is C=Cc1ccc(C(=O)OC2(CC)CCCC2)cc1.C=Cc1ccc(OC(C)OCC)cc1.CCC(C)c1ccc(C(=O)OC2(CC)CCCC2)cc1.CCC(C)c1ccc(C(=O)OC2(CC)CCCC2)cc1.CCC(C)c1ccc(O)cc1.CCOC(C)Oc1ccc(C(C)CC)cc1. The molecule has 11 nitrogen and oxygen atoms in total. The van der Waals surface area contributed by atoms with Gasteiger partial charge in [0.15, 0.2) is 12.6 Å². The molecule has 0 aliphatic heterocycles. The van der Waals surface area contributed by atoms with E-state index < -0.39 is 0 Å². The lowest BCUT2D eigenvalue weighted by Crippen LogP contribution is -2.31. The van der Waals surface area contributed by atoms with E-state index in [2.05, 4.69) is 126 Å². The van der Waals surface area contributed by atoms with Gasteiger partial charge in [0.1, 0.15) is 34.1 Å². The first-order valence-electron chi connectivity index (χ1n) is 37.4. The fraction of sp³-hybridized carbons (Fsp3) is 0.511. The molecule has 0 bridgehead atoms. The number of benzene rings is 6. The molecule has 0 heterocycles. The summed E-state index contributed by atoms with van der Waals surface area (Å²) in [5, 5.41) is 9.01. The number of phenolic OH excluding ortho intramolecular Hbond substituents is 1. The smallest absolute Gasteiger partial charge is 0.338 e. The van der Waals surface area contributed by atoms with Crippen LogP contribution in [0.4, 0.5) is 0 Å². The average molecular weight is 1360 g/mol. The van der Waals surface area contributed by atoms with Gasteiger partial charge in [-0.2, -0.15) is 0 Å². The van der Waals surface area contributed by atoms with Crippen molar-refractivity contribution in [1.82, 2.24) is 0 Å². The van der Waals surface area contributed by atoms with E-state index >= 15 is 0 Å². The third-order valence-electron chi connectivity index (χ3n) is 20.1. The lowest BCUT2D eigenvalue weighted by molar-refractivity contribution is -0.0616. The zero-order chi connectivity index (χ0) is 72.8. The second-order valence-corrected chi connectivity index (χ2v) is 26.9. The Balaban J connectivity index is 0.000000255. The largest absolute Gasteiger partial charge is 0.508 e. The molecule has 9 rings (SSSR count). The monoisotopic (exact) mass is 1360 g/mol. The van der Waals surface area contributed by atoms with Gasteiger partial charge in [-0.05, 0) is 280 Å². The highest BCUT2D eigenvalue weighted by atomic mass is 16.7. The topological polar surface area (TPSA) is 136 Å². The quantitative estimate of drug-likeness (QED) is 0.0300. The Kier molecular flexibility index (Phi) is 37.8. The van der Waals surface area contributed by atoms with Crippen LogP contribution < -0.4 is 9.47 Å². The average Bonchev–Trinajstić information content (AvgIpc) is 1.85. The summed E-state index contributed by atoms with van der Waals surface area (Å²) < 4.78 is 39.1. The minimum Gasteiger partial charge on any atom is -0.508 e. The van der Waals surface area contributed by atoms with Crippen LogP contribution in [0.1, 0.15) is 314 Å².